The molecule has 1 aliphatic heterocycles. The predicted molar refractivity (Wildman–Crippen MR) is 112 cm³/mol. The molecule has 9 heteroatoms. The summed E-state index contributed by atoms with van der Waals surface area (Å²) in [7, 11) is 3.73. The lowest BCUT2D eigenvalue weighted by Crippen LogP contribution is -2.44. The first-order chi connectivity index (χ1) is 12.9. The van der Waals surface area contributed by atoms with Gasteiger partial charge in [-0.05, 0) is 47.2 Å². The normalized spacial score (nSPS) is 14.9. The van der Waals surface area contributed by atoms with Crippen LogP contribution in [0.15, 0.2) is 34.2 Å². The Bertz CT molecular complexity index is 802. The molecule has 1 fully saturated rings. The van der Waals surface area contributed by atoms with Crippen molar-refractivity contribution < 1.29 is 9.59 Å². The van der Waals surface area contributed by atoms with E-state index < -0.39 is 0 Å². The Labute approximate surface area is 171 Å². The van der Waals surface area contributed by atoms with Crippen molar-refractivity contribution in [1.29, 1.82) is 0 Å². The molecule has 3 heterocycles. The first kappa shape index (κ1) is 19.8. The third-order valence-electron chi connectivity index (χ3n) is 4.37. The summed E-state index contributed by atoms with van der Waals surface area (Å²) in [6.07, 6.45) is 1.66. The Balaban J connectivity index is 1.52. The molecule has 0 aromatic carbocycles. The van der Waals surface area contributed by atoms with Crippen molar-refractivity contribution in [2.45, 2.75) is 0 Å². The summed E-state index contributed by atoms with van der Waals surface area (Å²) in [4.78, 5) is 35.5. The highest BCUT2D eigenvalue weighted by atomic mass is 79.9. The average Bonchev–Trinajstić information content (AvgIpc) is 3.08. The summed E-state index contributed by atoms with van der Waals surface area (Å²) < 4.78 is 0.884. The number of rotatable bonds is 5. The molecule has 1 aliphatic rings. The third-order valence-corrected chi connectivity index (χ3v) is 5.98. The Kier molecular flexibility index (Phi) is 6.46. The number of carbonyl (C=O) groups is 2. The molecule has 0 bridgehead atoms. The maximum absolute atomic E-state index is 12.3. The number of hydrogen-bond donors (Lipinski definition) is 1. The maximum atomic E-state index is 12.3. The van der Waals surface area contributed by atoms with Crippen LogP contribution in [-0.2, 0) is 4.79 Å². The van der Waals surface area contributed by atoms with Crippen molar-refractivity contribution in [3.8, 4) is 0 Å². The number of pyridine rings is 1. The van der Waals surface area contributed by atoms with E-state index in [1.54, 1.807) is 19.3 Å². The lowest BCUT2D eigenvalue weighted by atomic mass is 10.3. The second-order valence-corrected chi connectivity index (χ2v) is 8.97. The number of piperazine rings is 1. The van der Waals surface area contributed by atoms with E-state index >= 15 is 0 Å². The molecule has 2 amide bonds. The molecule has 144 valence electrons. The summed E-state index contributed by atoms with van der Waals surface area (Å²) in [5.74, 6) is 0.483. The highest BCUT2D eigenvalue weighted by Gasteiger charge is 2.18. The number of nitrogens with one attached hydrogen (secondary N) is 1. The summed E-state index contributed by atoms with van der Waals surface area (Å²) >= 11 is 4.68. The lowest BCUT2D eigenvalue weighted by Gasteiger charge is -2.33. The molecule has 0 radical (unpaired) electrons. The van der Waals surface area contributed by atoms with E-state index in [9.17, 15) is 9.59 Å². The van der Waals surface area contributed by atoms with Crippen LogP contribution in [0.5, 0.6) is 0 Å². The van der Waals surface area contributed by atoms with Gasteiger partial charge in [-0.1, -0.05) is 0 Å². The molecule has 2 aromatic rings. The first-order valence-electron chi connectivity index (χ1n) is 8.62. The van der Waals surface area contributed by atoms with Gasteiger partial charge in [-0.2, -0.15) is 0 Å². The minimum Gasteiger partial charge on any atom is -0.354 e. The predicted octanol–water partition coefficient (Wildman–Crippen LogP) is 2.37. The molecule has 3 rings (SSSR count). The lowest BCUT2D eigenvalue weighted by molar-refractivity contribution is -0.116. The van der Waals surface area contributed by atoms with Crippen LogP contribution in [0.25, 0.3) is 0 Å². The van der Waals surface area contributed by atoms with Crippen molar-refractivity contribution >= 4 is 50.6 Å². The van der Waals surface area contributed by atoms with Gasteiger partial charge in [0.05, 0.1) is 27.1 Å². The van der Waals surface area contributed by atoms with Gasteiger partial charge in [0.2, 0.25) is 5.91 Å². The van der Waals surface area contributed by atoms with E-state index in [2.05, 4.69) is 43.1 Å². The summed E-state index contributed by atoms with van der Waals surface area (Å²) in [6, 6.07) is 7.32. The fourth-order valence-electron chi connectivity index (χ4n) is 2.79. The van der Waals surface area contributed by atoms with E-state index in [1.165, 1.54) is 16.2 Å². The SMILES string of the molecule is CN1CCN(c2ccc(NC(=O)CN(C)C(=O)c3ccc(Br)s3)cn2)CC1. The maximum Gasteiger partial charge on any atom is 0.264 e. The van der Waals surface area contributed by atoms with Gasteiger partial charge >= 0.3 is 0 Å². The zero-order valence-electron chi connectivity index (χ0n) is 15.3. The van der Waals surface area contributed by atoms with Crippen molar-refractivity contribution in [3.05, 3.63) is 39.1 Å². The van der Waals surface area contributed by atoms with Crippen LogP contribution < -0.4 is 10.2 Å². The zero-order chi connectivity index (χ0) is 19.4. The van der Waals surface area contributed by atoms with E-state index in [1.807, 2.05) is 18.2 Å². The Morgan fingerprint density at radius 1 is 1.22 bits per heavy atom. The van der Waals surface area contributed by atoms with Gasteiger partial charge in [0, 0.05) is 33.2 Å². The molecule has 7 nitrogen and oxygen atoms in total. The summed E-state index contributed by atoms with van der Waals surface area (Å²) in [5, 5.41) is 2.79. The van der Waals surface area contributed by atoms with E-state index in [0.29, 0.717) is 10.6 Å². The minimum absolute atomic E-state index is 0.0193. The number of likely N-dealkylation sites (N-methyl/N-ethyl adjacent to an activating group) is 2. The van der Waals surface area contributed by atoms with Crippen LogP contribution in [0.4, 0.5) is 11.5 Å². The van der Waals surface area contributed by atoms with Crippen LogP contribution in [0.3, 0.4) is 0 Å². The number of carbonyl (C=O) groups excluding carboxylic acids is 2. The monoisotopic (exact) mass is 451 g/mol. The minimum atomic E-state index is -0.254. The molecular formula is C18H22BrN5O2S. The van der Waals surface area contributed by atoms with Crippen LogP contribution in [0.2, 0.25) is 0 Å². The average molecular weight is 452 g/mol. The number of anilines is 2. The van der Waals surface area contributed by atoms with Gasteiger partial charge in [0.1, 0.15) is 5.82 Å². The van der Waals surface area contributed by atoms with E-state index in [0.717, 1.165) is 35.8 Å². The molecule has 0 aliphatic carbocycles. The summed E-state index contributed by atoms with van der Waals surface area (Å²) in [6.45, 7) is 3.90. The molecule has 0 unspecified atom stereocenters. The van der Waals surface area contributed by atoms with Crippen molar-refractivity contribution in [3.63, 3.8) is 0 Å². The number of nitrogens with zero attached hydrogens (tertiary/aromatic N) is 4. The van der Waals surface area contributed by atoms with E-state index in [-0.39, 0.29) is 18.4 Å². The topological polar surface area (TPSA) is 68.8 Å². The number of halogens is 1. The molecular weight excluding hydrogens is 430 g/mol. The van der Waals surface area contributed by atoms with Crippen LogP contribution in [-0.4, -0.2) is 73.4 Å². The fourth-order valence-corrected chi connectivity index (χ4v) is 4.17. The van der Waals surface area contributed by atoms with Crippen LogP contribution in [0, 0.1) is 0 Å². The standard InChI is InChI=1S/C18H22BrN5O2S/c1-22-7-9-24(10-8-22)16-6-3-13(11-20-16)21-17(25)12-23(2)18(26)14-4-5-15(19)27-14/h3-6,11H,7-10,12H2,1-2H3,(H,21,25). The molecule has 0 spiro atoms. The quantitative estimate of drug-likeness (QED) is 0.755. The Morgan fingerprint density at radius 3 is 2.56 bits per heavy atom. The fraction of sp³-hybridized carbons (Fsp3) is 0.389. The van der Waals surface area contributed by atoms with Crippen molar-refractivity contribution in [2.24, 2.45) is 0 Å². The largest absolute Gasteiger partial charge is 0.354 e. The van der Waals surface area contributed by atoms with Gasteiger partial charge in [-0.25, -0.2) is 4.98 Å². The smallest absolute Gasteiger partial charge is 0.264 e. The number of aromatic nitrogens is 1. The molecule has 27 heavy (non-hydrogen) atoms. The molecule has 0 saturated carbocycles. The molecule has 1 saturated heterocycles. The van der Waals surface area contributed by atoms with Gasteiger partial charge in [-0.15, -0.1) is 11.3 Å². The number of hydrogen-bond acceptors (Lipinski definition) is 6. The zero-order valence-corrected chi connectivity index (χ0v) is 17.7. The van der Waals surface area contributed by atoms with Crippen molar-refractivity contribution in [1.82, 2.24) is 14.8 Å². The van der Waals surface area contributed by atoms with Gasteiger partial charge in [-0.3, -0.25) is 9.59 Å². The number of amides is 2. The number of thiophene rings is 1. The van der Waals surface area contributed by atoms with Gasteiger partial charge < -0.3 is 20.0 Å². The second-order valence-electron chi connectivity index (χ2n) is 6.51. The van der Waals surface area contributed by atoms with E-state index in [4.69, 9.17) is 0 Å². The van der Waals surface area contributed by atoms with Gasteiger partial charge in [0.15, 0.2) is 0 Å². The van der Waals surface area contributed by atoms with Crippen LogP contribution >= 0.6 is 27.3 Å². The third kappa shape index (κ3) is 5.27. The second kappa shape index (κ2) is 8.81. The summed E-state index contributed by atoms with van der Waals surface area (Å²) in [5.41, 5.74) is 0.623. The molecule has 2 aromatic heterocycles. The van der Waals surface area contributed by atoms with Gasteiger partial charge in [0.25, 0.3) is 5.91 Å². The van der Waals surface area contributed by atoms with Crippen LogP contribution in [0.1, 0.15) is 9.67 Å². The Morgan fingerprint density at radius 2 is 1.96 bits per heavy atom. The molecule has 1 N–H and O–H groups in total. The highest BCUT2D eigenvalue weighted by Crippen LogP contribution is 2.23. The molecule has 0 atom stereocenters. The highest BCUT2D eigenvalue weighted by molar-refractivity contribution is 9.11. The first-order valence-corrected chi connectivity index (χ1v) is 10.2. The van der Waals surface area contributed by atoms with Crippen molar-refractivity contribution in [2.75, 3.05) is 57.0 Å². The Hall–Kier alpha value is -1.97.